The maximum atomic E-state index is 12.1. The number of carboxylic acids is 1. The fourth-order valence-electron chi connectivity index (χ4n) is 1.72. The minimum Gasteiger partial charge on any atom is -0.481 e. The summed E-state index contributed by atoms with van der Waals surface area (Å²) in [7, 11) is 1.81. The van der Waals surface area contributed by atoms with Crippen molar-refractivity contribution in [2.75, 3.05) is 0 Å². The van der Waals surface area contributed by atoms with E-state index in [0.29, 0.717) is 5.69 Å². The molecule has 1 amide bonds. The number of nitrogens with one attached hydrogen (secondary N) is 1. The molecule has 2 N–H and O–H groups in total. The summed E-state index contributed by atoms with van der Waals surface area (Å²) in [5.74, 6) is -1.06. The monoisotopic (exact) mass is 252 g/mol. The van der Waals surface area contributed by atoms with E-state index in [0.717, 1.165) is 5.69 Å². The quantitative estimate of drug-likeness (QED) is 0.835. The van der Waals surface area contributed by atoms with Crippen LogP contribution >= 0.6 is 0 Å². The molecule has 0 saturated carbocycles. The van der Waals surface area contributed by atoms with Gasteiger partial charge in [0.1, 0.15) is 5.69 Å². The van der Waals surface area contributed by atoms with Gasteiger partial charge in [0.15, 0.2) is 0 Å². The van der Waals surface area contributed by atoms with E-state index in [1.807, 2.05) is 33.9 Å². The van der Waals surface area contributed by atoms with Gasteiger partial charge in [-0.3, -0.25) is 9.59 Å². The summed E-state index contributed by atoms with van der Waals surface area (Å²) in [6.45, 7) is 5.70. The summed E-state index contributed by atoms with van der Waals surface area (Å²) in [6, 6.07) is 3.24. The molecule has 1 heterocycles. The van der Waals surface area contributed by atoms with Crippen molar-refractivity contribution in [2.45, 2.75) is 33.2 Å². The summed E-state index contributed by atoms with van der Waals surface area (Å²) in [4.78, 5) is 22.8. The van der Waals surface area contributed by atoms with E-state index >= 15 is 0 Å². The van der Waals surface area contributed by atoms with Gasteiger partial charge in [0.2, 0.25) is 0 Å². The molecule has 0 spiro atoms. The molecule has 0 aromatic carbocycles. The molecule has 0 aliphatic carbocycles. The molecule has 1 rings (SSSR count). The molecular formula is C13H20N2O3. The highest BCUT2D eigenvalue weighted by atomic mass is 16.4. The zero-order valence-electron chi connectivity index (χ0n) is 11.2. The number of rotatable bonds is 5. The Hall–Kier alpha value is -1.78. The van der Waals surface area contributed by atoms with Crippen molar-refractivity contribution in [3.63, 3.8) is 0 Å². The van der Waals surface area contributed by atoms with Gasteiger partial charge in [-0.15, -0.1) is 0 Å². The fraction of sp³-hybridized carbons (Fsp3) is 0.538. The van der Waals surface area contributed by atoms with E-state index in [-0.39, 0.29) is 24.3 Å². The second-order valence-electron chi connectivity index (χ2n) is 4.84. The van der Waals surface area contributed by atoms with Gasteiger partial charge in [0.25, 0.3) is 5.91 Å². The lowest BCUT2D eigenvalue weighted by Crippen LogP contribution is -2.40. The molecule has 1 aromatic heterocycles. The van der Waals surface area contributed by atoms with Crippen molar-refractivity contribution in [3.05, 3.63) is 23.5 Å². The third-order valence-corrected chi connectivity index (χ3v) is 3.12. The molecule has 0 bridgehead atoms. The fourth-order valence-corrected chi connectivity index (χ4v) is 1.72. The van der Waals surface area contributed by atoms with E-state index in [9.17, 15) is 9.59 Å². The zero-order valence-corrected chi connectivity index (χ0v) is 11.2. The van der Waals surface area contributed by atoms with Crippen LogP contribution in [0.4, 0.5) is 0 Å². The first-order valence-electron chi connectivity index (χ1n) is 5.98. The van der Waals surface area contributed by atoms with Crippen LogP contribution in [0.25, 0.3) is 0 Å². The number of nitrogens with zero attached hydrogens (tertiary/aromatic N) is 1. The van der Waals surface area contributed by atoms with E-state index in [4.69, 9.17) is 5.11 Å². The van der Waals surface area contributed by atoms with Crippen molar-refractivity contribution >= 4 is 11.9 Å². The zero-order chi connectivity index (χ0) is 13.9. The predicted molar refractivity (Wildman–Crippen MR) is 68.5 cm³/mol. The molecular weight excluding hydrogens is 232 g/mol. The molecule has 0 saturated heterocycles. The van der Waals surface area contributed by atoms with Crippen molar-refractivity contribution in [2.24, 2.45) is 13.0 Å². The molecule has 1 atom stereocenters. The number of amides is 1. The summed E-state index contributed by atoms with van der Waals surface area (Å²) in [5.41, 5.74) is 1.53. The molecule has 100 valence electrons. The van der Waals surface area contributed by atoms with Crippen LogP contribution < -0.4 is 5.32 Å². The highest BCUT2D eigenvalue weighted by molar-refractivity contribution is 5.93. The second kappa shape index (κ2) is 5.71. The summed E-state index contributed by atoms with van der Waals surface area (Å²) < 4.78 is 1.79. The standard InChI is InChI=1S/C13H20N2O3/c1-8(2)10(7-12(16)17)14-13(18)11-6-5-9(3)15(11)4/h5-6,8,10H,7H2,1-4H3,(H,14,18)(H,16,17). The molecule has 0 aliphatic heterocycles. The molecule has 1 aromatic rings. The maximum absolute atomic E-state index is 12.1. The van der Waals surface area contributed by atoms with Crippen molar-refractivity contribution < 1.29 is 14.7 Å². The van der Waals surface area contributed by atoms with Crippen molar-refractivity contribution in [3.8, 4) is 0 Å². The molecule has 1 unspecified atom stereocenters. The Morgan fingerprint density at radius 2 is 2.00 bits per heavy atom. The molecule has 0 radical (unpaired) electrons. The van der Waals surface area contributed by atoms with Crippen LogP contribution in [-0.4, -0.2) is 27.6 Å². The Balaban J connectivity index is 2.78. The van der Waals surface area contributed by atoms with Crippen LogP contribution in [0.5, 0.6) is 0 Å². The number of aliphatic carboxylic acids is 1. The minimum atomic E-state index is -0.905. The van der Waals surface area contributed by atoms with Crippen LogP contribution in [0.2, 0.25) is 0 Å². The maximum Gasteiger partial charge on any atom is 0.305 e. The summed E-state index contributed by atoms with van der Waals surface area (Å²) in [6.07, 6.45) is -0.0627. The van der Waals surface area contributed by atoms with Crippen LogP contribution in [-0.2, 0) is 11.8 Å². The summed E-state index contributed by atoms with van der Waals surface area (Å²) >= 11 is 0. The second-order valence-corrected chi connectivity index (χ2v) is 4.84. The first kappa shape index (κ1) is 14.3. The van der Waals surface area contributed by atoms with Gasteiger partial charge in [-0.2, -0.15) is 0 Å². The van der Waals surface area contributed by atoms with Gasteiger partial charge in [0, 0.05) is 18.8 Å². The first-order valence-corrected chi connectivity index (χ1v) is 5.98. The predicted octanol–water partition coefficient (Wildman–Crippen LogP) is 1.56. The third-order valence-electron chi connectivity index (χ3n) is 3.12. The number of aromatic nitrogens is 1. The minimum absolute atomic E-state index is 0.0627. The average molecular weight is 252 g/mol. The topological polar surface area (TPSA) is 71.3 Å². The lowest BCUT2D eigenvalue weighted by Gasteiger charge is -2.20. The smallest absolute Gasteiger partial charge is 0.305 e. The lowest BCUT2D eigenvalue weighted by atomic mass is 10.0. The summed E-state index contributed by atoms with van der Waals surface area (Å²) in [5, 5.41) is 11.6. The molecule has 18 heavy (non-hydrogen) atoms. The van der Waals surface area contributed by atoms with Crippen LogP contribution in [0, 0.1) is 12.8 Å². The van der Waals surface area contributed by atoms with E-state index in [1.165, 1.54) is 0 Å². The van der Waals surface area contributed by atoms with Crippen molar-refractivity contribution in [1.29, 1.82) is 0 Å². The van der Waals surface area contributed by atoms with Gasteiger partial charge in [-0.05, 0) is 25.0 Å². The number of carbonyl (C=O) groups is 2. The molecule has 5 heteroatoms. The molecule has 0 aliphatic rings. The SMILES string of the molecule is Cc1ccc(C(=O)NC(CC(=O)O)C(C)C)n1C. The van der Waals surface area contributed by atoms with Gasteiger partial charge in [-0.25, -0.2) is 0 Å². The largest absolute Gasteiger partial charge is 0.481 e. The normalized spacial score (nSPS) is 12.5. The van der Waals surface area contributed by atoms with Gasteiger partial charge in [0.05, 0.1) is 6.42 Å². The Bertz CT molecular complexity index is 449. The average Bonchev–Trinajstić information content (AvgIpc) is 2.58. The van der Waals surface area contributed by atoms with Crippen molar-refractivity contribution in [1.82, 2.24) is 9.88 Å². The lowest BCUT2D eigenvalue weighted by molar-refractivity contribution is -0.137. The molecule has 0 fully saturated rings. The highest BCUT2D eigenvalue weighted by Crippen LogP contribution is 2.10. The van der Waals surface area contributed by atoms with Gasteiger partial charge in [-0.1, -0.05) is 13.8 Å². The van der Waals surface area contributed by atoms with E-state index in [2.05, 4.69) is 5.32 Å². The first-order chi connectivity index (χ1) is 8.32. The Morgan fingerprint density at radius 3 is 2.39 bits per heavy atom. The number of hydrogen-bond donors (Lipinski definition) is 2. The van der Waals surface area contributed by atoms with Crippen LogP contribution in [0.15, 0.2) is 12.1 Å². The number of hydrogen-bond acceptors (Lipinski definition) is 2. The van der Waals surface area contributed by atoms with Gasteiger partial charge >= 0.3 is 5.97 Å². The third kappa shape index (κ3) is 3.35. The van der Waals surface area contributed by atoms with Crippen LogP contribution in [0.1, 0.15) is 36.5 Å². The highest BCUT2D eigenvalue weighted by Gasteiger charge is 2.21. The Morgan fingerprint density at radius 1 is 1.39 bits per heavy atom. The Kier molecular flexibility index (Phi) is 4.53. The van der Waals surface area contributed by atoms with Gasteiger partial charge < -0.3 is 15.0 Å². The molecule has 5 nitrogen and oxygen atoms in total. The number of aryl methyl sites for hydroxylation is 1. The van der Waals surface area contributed by atoms with E-state index < -0.39 is 5.97 Å². The Labute approximate surface area is 107 Å². The number of carbonyl (C=O) groups excluding carboxylic acids is 1. The number of carboxylic acid groups (broad SMARTS) is 1. The van der Waals surface area contributed by atoms with E-state index in [1.54, 1.807) is 10.6 Å². The van der Waals surface area contributed by atoms with Crippen LogP contribution in [0.3, 0.4) is 0 Å².